The van der Waals surface area contributed by atoms with Gasteiger partial charge in [0, 0.05) is 10.7 Å². The van der Waals surface area contributed by atoms with Crippen molar-refractivity contribution in [2.24, 2.45) is 0 Å². The number of hydrogen-bond acceptors (Lipinski definition) is 5. The van der Waals surface area contributed by atoms with Crippen molar-refractivity contribution >= 4 is 34.9 Å². The van der Waals surface area contributed by atoms with E-state index in [2.05, 4.69) is 17.2 Å². The maximum absolute atomic E-state index is 12.6. The van der Waals surface area contributed by atoms with Gasteiger partial charge in [-0.05, 0) is 54.5 Å². The molecule has 0 spiro atoms. The van der Waals surface area contributed by atoms with Crippen molar-refractivity contribution in [3.05, 3.63) is 82.5 Å². The molecule has 8 heteroatoms. The Hall–Kier alpha value is -3.03. The van der Waals surface area contributed by atoms with E-state index in [-0.39, 0.29) is 6.61 Å². The SMILES string of the molecule is C=CCOC(=O)C1=C(C)NC(=S)N[C@@H]1c1ccc(OCc2ccc(Cl)cc2)c(OC)c1. The highest BCUT2D eigenvalue weighted by Gasteiger charge is 2.31. The average Bonchev–Trinajstić information content (AvgIpc) is 2.76. The van der Waals surface area contributed by atoms with Gasteiger partial charge in [-0.15, -0.1) is 0 Å². The molecule has 0 bridgehead atoms. The fourth-order valence-electron chi connectivity index (χ4n) is 3.15. The van der Waals surface area contributed by atoms with Crippen molar-refractivity contribution in [2.45, 2.75) is 19.6 Å². The van der Waals surface area contributed by atoms with E-state index in [4.69, 9.17) is 38.0 Å². The van der Waals surface area contributed by atoms with Gasteiger partial charge in [0.2, 0.25) is 0 Å². The van der Waals surface area contributed by atoms with Gasteiger partial charge in [0.25, 0.3) is 0 Å². The van der Waals surface area contributed by atoms with Crippen LogP contribution in [0.15, 0.2) is 66.4 Å². The molecular formula is C23H23ClN2O4S. The Bertz CT molecular complexity index is 1020. The summed E-state index contributed by atoms with van der Waals surface area (Å²) in [5, 5.41) is 7.20. The van der Waals surface area contributed by atoms with Crippen LogP contribution in [0.2, 0.25) is 5.02 Å². The molecule has 1 atom stereocenters. The normalized spacial score (nSPS) is 15.6. The molecule has 0 amide bonds. The van der Waals surface area contributed by atoms with Crippen LogP contribution in [0.3, 0.4) is 0 Å². The zero-order valence-electron chi connectivity index (χ0n) is 17.2. The van der Waals surface area contributed by atoms with E-state index in [9.17, 15) is 4.79 Å². The lowest BCUT2D eigenvalue weighted by atomic mass is 9.95. The summed E-state index contributed by atoms with van der Waals surface area (Å²) in [7, 11) is 1.56. The molecule has 1 aliphatic heterocycles. The predicted molar refractivity (Wildman–Crippen MR) is 124 cm³/mol. The van der Waals surface area contributed by atoms with Crippen LogP contribution < -0.4 is 20.1 Å². The molecule has 162 valence electrons. The third kappa shape index (κ3) is 5.57. The number of nitrogens with one attached hydrogen (secondary N) is 2. The third-order valence-corrected chi connectivity index (χ3v) is 5.12. The van der Waals surface area contributed by atoms with Crippen LogP contribution in [0.4, 0.5) is 0 Å². The minimum absolute atomic E-state index is 0.119. The lowest BCUT2D eigenvalue weighted by molar-refractivity contribution is -0.138. The number of carbonyl (C=O) groups is 1. The van der Waals surface area contributed by atoms with Crippen molar-refractivity contribution in [1.82, 2.24) is 10.6 Å². The lowest BCUT2D eigenvalue weighted by Gasteiger charge is -2.30. The van der Waals surface area contributed by atoms with E-state index in [0.717, 1.165) is 11.1 Å². The second-order valence-corrected chi connectivity index (χ2v) is 7.63. The quantitative estimate of drug-likeness (QED) is 0.344. The fourth-order valence-corrected chi connectivity index (χ4v) is 3.55. The molecule has 1 heterocycles. The lowest BCUT2D eigenvalue weighted by Crippen LogP contribution is -2.45. The number of ether oxygens (including phenoxy) is 3. The zero-order valence-corrected chi connectivity index (χ0v) is 18.8. The van der Waals surface area contributed by atoms with Crippen molar-refractivity contribution in [1.29, 1.82) is 0 Å². The summed E-state index contributed by atoms with van der Waals surface area (Å²) in [6.45, 7) is 5.84. The number of carbonyl (C=O) groups excluding carboxylic acids is 1. The van der Waals surface area contributed by atoms with Crippen LogP contribution >= 0.6 is 23.8 Å². The number of hydrogen-bond donors (Lipinski definition) is 2. The van der Waals surface area contributed by atoms with Gasteiger partial charge in [-0.25, -0.2) is 4.79 Å². The van der Waals surface area contributed by atoms with Gasteiger partial charge in [-0.2, -0.15) is 0 Å². The smallest absolute Gasteiger partial charge is 0.338 e. The standard InChI is InChI=1S/C23H23ClN2O4S/c1-4-11-29-22(27)20-14(2)25-23(31)26-21(20)16-7-10-18(19(12-16)28-3)30-13-15-5-8-17(24)9-6-15/h4-10,12,21H,1,11,13H2,2-3H3,(H2,25,26,31)/t21-/m1/s1. The third-order valence-electron chi connectivity index (χ3n) is 4.65. The highest BCUT2D eigenvalue weighted by molar-refractivity contribution is 7.80. The summed E-state index contributed by atoms with van der Waals surface area (Å²) in [6, 6.07) is 12.4. The minimum atomic E-state index is -0.495. The van der Waals surface area contributed by atoms with Gasteiger partial charge in [-0.3, -0.25) is 0 Å². The Morgan fingerprint density at radius 2 is 1.97 bits per heavy atom. The molecule has 31 heavy (non-hydrogen) atoms. The maximum atomic E-state index is 12.6. The molecule has 0 unspecified atom stereocenters. The number of thiocarbonyl (C=S) groups is 1. The van der Waals surface area contributed by atoms with Crippen molar-refractivity contribution < 1.29 is 19.0 Å². The number of allylic oxidation sites excluding steroid dienone is 1. The van der Waals surface area contributed by atoms with Crippen LogP contribution in [0.1, 0.15) is 24.1 Å². The van der Waals surface area contributed by atoms with Gasteiger partial charge in [-0.1, -0.05) is 42.5 Å². The first kappa shape index (κ1) is 22.7. The first-order chi connectivity index (χ1) is 14.9. The number of methoxy groups -OCH3 is 1. The molecule has 0 saturated carbocycles. The Morgan fingerprint density at radius 3 is 2.65 bits per heavy atom. The van der Waals surface area contributed by atoms with Crippen LogP contribution in [0.5, 0.6) is 11.5 Å². The van der Waals surface area contributed by atoms with E-state index in [0.29, 0.717) is 39.5 Å². The molecule has 0 aromatic heterocycles. The van der Waals surface area contributed by atoms with Crippen molar-refractivity contribution in [2.75, 3.05) is 13.7 Å². The van der Waals surface area contributed by atoms with Gasteiger partial charge < -0.3 is 24.8 Å². The zero-order chi connectivity index (χ0) is 22.4. The Labute approximate surface area is 191 Å². The first-order valence-corrected chi connectivity index (χ1v) is 10.3. The summed E-state index contributed by atoms with van der Waals surface area (Å²) in [5.41, 5.74) is 2.83. The van der Waals surface area contributed by atoms with E-state index in [1.54, 1.807) is 20.1 Å². The molecule has 2 N–H and O–H groups in total. The Morgan fingerprint density at radius 1 is 1.23 bits per heavy atom. The van der Waals surface area contributed by atoms with Gasteiger partial charge in [0.15, 0.2) is 16.6 Å². The number of rotatable bonds is 8. The molecule has 2 aromatic carbocycles. The summed E-state index contributed by atoms with van der Waals surface area (Å²) in [4.78, 5) is 12.6. The molecule has 0 fully saturated rings. The van der Waals surface area contributed by atoms with Gasteiger partial charge in [0.1, 0.15) is 13.2 Å². The molecule has 0 radical (unpaired) electrons. The fraction of sp³-hybridized carbons (Fsp3) is 0.217. The van der Waals surface area contributed by atoms with Crippen molar-refractivity contribution in [3.8, 4) is 11.5 Å². The second-order valence-electron chi connectivity index (χ2n) is 6.78. The molecule has 2 aromatic rings. The summed E-state index contributed by atoms with van der Waals surface area (Å²) < 4.78 is 16.7. The van der Waals surface area contributed by atoms with Crippen LogP contribution in [0.25, 0.3) is 0 Å². The van der Waals surface area contributed by atoms with Crippen LogP contribution in [-0.2, 0) is 16.1 Å². The highest BCUT2D eigenvalue weighted by Crippen LogP contribution is 2.35. The van der Waals surface area contributed by atoms with E-state index in [1.807, 2.05) is 36.4 Å². The number of esters is 1. The van der Waals surface area contributed by atoms with E-state index in [1.165, 1.54) is 6.08 Å². The van der Waals surface area contributed by atoms with E-state index < -0.39 is 12.0 Å². The maximum Gasteiger partial charge on any atom is 0.338 e. The molecule has 6 nitrogen and oxygen atoms in total. The Kier molecular flexibility index (Phi) is 7.55. The molecule has 3 rings (SSSR count). The van der Waals surface area contributed by atoms with Crippen molar-refractivity contribution in [3.63, 3.8) is 0 Å². The number of benzene rings is 2. The van der Waals surface area contributed by atoms with Crippen LogP contribution in [0, 0.1) is 0 Å². The largest absolute Gasteiger partial charge is 0.493 e. The van der Waals surface area contributed by atoms with Crippen LogP contribution in [-0.4, -0.2) is 24.8 Å². The average molecular weight is 459 g/mol. The molecule has 0 saturated heterocycles. The monoisotopic (exact) mass is 458 g/mol. The molecule has 1 aliphatic rings. The number of halogens is 1. The van der Waals surface area contributed by atoms with E-state index >= 15 is 0 Å². The summed E-state index contributed by atoms with van der Waals surface area (Å²) in [5.74, 6) is 0.662. The predicted octanol–water partition coefficient (Wildman–Crippen LogP) is 4.45. The van der Waals surface area contributed by atoms with Gasteiger partial charge >= 0.3 is 5.97 Å². The molecular weight excluding hydrogens is 436 g/mol. The Balaban J connectivity index is 1.86. The molecule has 0 aliphatic carbocycles. The topological polar surface area (TPSA) is 68.8 Å². The first-order valence-electron chi connectivity index (χ1n) is 9.54. The second kappa shape index (κ2) is 10.3. The van der Waals surface area contributed by atoms with Gasteiger partial charge in [0.05, 0.1) is 18.7 Å². The highest BCUT2D eigenvalue weighted by atomic mass is 35.5. The summed E-state index contributed by atoms with van der Waals surface area (Å²) >= 11 is 11.2. The minimum Gasteiger partial charge on any atom is -0.493 e. The summed E-state index contributed by atoms with van der Waals surface area (Å²) in [6.07, 6.45) is 1.52.